The number of carboxylic acids is 1. The van der Waals surface area contributed by atoms with Crippen LogP contribution in [-0.4, -0.2) is 23.6 Å². The van der Waals surface area contributed by atoms with Gasteiger partial charge in [-0.2, -0.15) is 0 Å². The first kappa shape index (κ1) is 18.8. The lowest BCUT2D eigenvalue weighted by Crippen LogP contribution is -2.23. The average molecular weight is 362 g/mol. The molecule has 2 aromatic carbocycles. The van der Waals surface area contributed by atoms with Crippen LogP contribution in [0.1, 0.15) is 34.3 Å². The summed E-state index contributed by atoms with van der Waals surface area (Å²) in [7, 11) is 0. The quantitative estimate of drug-likeness (QED) is 0.701. The SMILES string of the molecule is Cc1cc(Cl)ccc1C(=O)NCc1ccc(OCCCC(=O)O)cc1. The van der Waals surface area contributed by atoms with Gasteiger partial charge in [-0.05, 0) is 54.8 Å². The van der Waals surface area contributed by atoms with Crippen LogP contribution in [0.4, 0.5) is 0 Å². The molecule has 0 aromatic heterocycles. The van der Waals surface area contributed by atoms with Crippen molar-refractivity contribution in [3.8, 4) is 5.75 Å². The van der Waals surface area contributed by atoms with Crippen molar-refractivity contribution >= 4 is 23.5 Å². The smallest absolute Gasteiger partial charge is 0.303 e. The molecule has 0 aliphatic rings. The highest BCUT2D eigenvalue weighted by molar-refractivity contribution is 6.30. The molecule has 0 spiro atoms. The number of aliphatic carboxylic acids is 1. The van der Waals surface area contributed by atoms with E-state index < -0.39 is 5.97 Å². The zero-order valence-corrected chi connectivity index (χ0v) is 14.7. The molecule has 0 aliphatic heterocycles. The van der Waals surface area contributed by atoms with E-state index in [0.29, 0.717) is 35.9 Å². The van der Waals surface area contributed by atoms with Crippen LogP contribution in [-0.2, 0) is 11.3 Å². The lowest BCUT2D eigenvalue weighted by atomic mass is 10.1. The third-order valence-corrected chi connectivity index (χ3v) is 3.85. The van der Waals surface area contributed by atoms with Gasteiger partial charge < -0.3 is 15.2 Å². The van der Waals surface area contributed by atoms with E-state index in [9.17, 15) is 9.59 Å². The predicted octanol–water partition coefficient (Wildman–Crippen LogP) is 3.82. The van der Waals surface area contributed by atoms with Gasteiger partial charge in [0.2, 0.25) is 0 Å². The highest BCUT2D eigenvalue weighted by Gasteiger charge is 2.09. The highest BCUT2D eigenvalue weighted by atomic mass is 35.5. The lowest BCUT2D eigenvalue weighted by Gasteiger charge is -2.09. The number of carboxylic acid groups (broad SMARTS) is 1. The van der Waals surface area contributed by atoms with Crippen molar-refractivity contribution in [3.05, 3.63) is 64.2 Å². The van der Waals surface area contributed by atoms with Crippen LogP contribution in [0.3, 0.4) is 0 Å². The van der Waals surface area contributed by atoms with Crippen molar-refractivity contribution < 1.29 is 19.4 Å². The Bertz CT molecular complexity index is 744. The van der Waals surface area contributed by atoms with Gasteiger partial charge in [0.1, 0.15) is 5.75 Å². The third kappa shape index (κ3) is 6.12. The maximum atomic E-state index is 12.2. The Kier molecular flexibility index (Phi) is 6.83. The van der Waals surface area contributed by atoms with Crippen molar-refractivity contribution in [2.45, 2.75) is 26.3 Å². The number of aryl methyl sites for hydroxylation is 1. The summed E-state index contributed by atoms with van der Waals surface area (Å²) in [5, 5.41) is 12.0. The summed E-state index contributed by atoms with van der Waals surface area (Å²) in [5.74, 6) is -0.303. The Labute approximate surface area is 151 Å². The Morgan fingerprint density at radius 1 is 1.16 bits per heavy atom. The molecular weight excluding hydrogens is 342 g/mol. The van der Waals surface area contributed by atoms with Gasteiger partial charge >= 0.3 is 5.97 Å². The van der Waals surface area contributed by atoms with Gasteiger partial charge in [0.05, 0.1) is 6.61 Å². The molecule has 0 unspecified atom stereocenters. The molecule has 2 N–H and O–H groups in total. The summed E-state index contributed by atoms with van der Waals surface area (Å²) in [6.07, 6.45) is 0.557. The Balaban J connectivity index is 1.82. The van der Waals surface area contributed by atoms with Crippen LogP contribution in [0.5, 0.6) is 5.75 Å². The molecule has 0 bridgehead atoms. The fraction of sp³-hybridized carbons (Fsp3) is 0.263. The molecule has 25 heavy (non-hydrogen) atoms. The van der Waals surface area contributed by atoms with Crippen LogP contribution >= 0.6 is 11.6 Å². The summed E-state index contributed by atoms with van der Waals surface area (Å²) in [4.78, 5) is 22.6. The van der Waals surface area contributed by atoms with Crippen molar-refractivity contribution in [1.82, 2.24) is 5.32 Å². The van der Waals surface area contributed by atoms with E-state index in [-0.39, 0.29) is 12.3 Å². The van der Waals surface area contributed by atoms with Gasteiger partial charge in [-0.3, -0.25) is 9.59 Å². The van der Waals surface area contributed by atoms with Crippen molar-refractivity contribution in [2.24, 2.45) is 0 Å². The molecular formula is C19H20ClNO4. The number of hydrogen-bond acceptors (Lipinski definition) is 3. The number of halogens is 1. The van der Waals surface area contributed by atoms with E-state index in [0.717, 1.165) is 11.1 Å². The second-order valence-electron chi connectivity index (χ2n) is 5.63. The summed E-state index contributed by atoms with van der Waals surface area (Å²) in [6.45, 7) is 2.61. The monoisotopic (exact) mass is 361 g/mol. The maximum Gasteiger partial charge on any atom is 0.303 e. The number of carbonyl (C=O) groups excluding carboxylic acids is 1. The van der Waals surface area contributed by atoms with Gasteiger partial charge in [-0.1, -0.05) is 23.7 Å². The number of hydrogen-bond donors (Lipinski definition) is 2. The molecule has 6 heteroatoms. The van der Waals surface area contributed by atoms with Crippen molar-refractivity contribution in [3.63, 3.8) is 0 Å². The molecule has 132 valence electrons. The fourth-order valence-corrected chi connectivity index (χ4v) is 2.50. The van der Waals surface area contributed by atoms with E-state index in [1.807, 2.05) is 19.1 Å². The number of ether oxygens (including phenoxy) is 1. The van der Waals surface area contributed by atoms with E-state index in [1.54, 1.807) is 30.3 Å². The molecule has 0 aliphatic carbocycles. The van der Waals surface area contributed by atoms with Crippen LogP contribution in [0.2, 0.25) is 5.02 Å². The van der Waals surface area contributed by atoms with Crippen LogP contribution in [0.15, 0.2) is 42.5 Å². The van der Waals surface area contributed by atoms with E-state index in [4.69, 9.17) is 21.4 Å². The zero-order chi connectivity index (χ0) is 18.2. The molecule has 1 amide bonds. The Morgan fingerprint density at radius 2 is 1.88 bits per heavy atom. The first-order valence-electron chi connectivity index (χ1n) is 7.93. The first-order valence-corrected chi connectivity index (χ1v) is 8.31. The molecule has 2 aromatic rings. The van der Waals surface area contributed by atoms with Crippen LogP contribution < -0.4 is 10.1 Å². The molecule has 0 saturated carbocycles. The largest absolute Gasteiger partial charge is 0.494 e. The minimum absolute atomic E-state index is 0.0915. The minimum Gasteiger partial charge on any atom is -0.494 e. The Hall–Kier alpha value is -2.53. The predicted molar refractivity (Wildman–Crippen MR) is 96.2 cm³/mol. The van der Waals surface area contributed by atoms with Crippen molar-refractivity contribution in [1.29, 1.82) is 0 Å². The summed E-state index contributed by atoms with van der Waals surface area (Å²) < 4.78 is 5.47. The summed E-state index contributed by atoms with van der Waals surface area (Å²) in [6, 6.07) is 12.5. The second-order valence-corrected chi connectivity index (χ2v) is 6.07. The number of amides is 1. The first-order chi connectivity index (χ1) is 12.0. The lowest BCUT2D eigenvalue weighted by molar-refractivity contribution is -0.137. The Morgan fingerprint density at radius 3 is 2.52 bits per heavy atom. The molecule has 5 nitrogen and oxygen atoms in total. The van der Waals surface area contributed by atoms with Gasteiger partial charge in [0.25, 0.3) is 5.91 Å². The molecule has 2 rings (SSSR count). The zero-order valence-electron chi connectivity index (χ0n) is 13.9. The van der Waals surface area contributed by atoms with Gasteiger partial charge in [-0.25, -0.2) is 0 Å². The maximum absolute atomic E-state index is 12.2. The molecule has 0 saturated heterocycles. The normalized spacial score (nSPS) is 10.3. The van der Waals surface area contributed by atoms with Gasteiger partial charge in [-0.15, -0.1) is 0 Å². The van der Waals surface area contributed by atoms with E-state index in [1.165, 1.54) is 0 Å². The van der Waals surface area contributed by atoms with Crippen LogP contribution in [0.25, 0.3) is 0 Å². The standard InChI is InChI=1S/C19H20ClNO4/c1-13-11-15(20)6-9-17(13)19(24)21-12-14-4-7-16(8-5-14)25-10-2-3-18(22)23/h4-9,11H,2-3,10,12H2,1H3,(H,21,24)(H,22,23). The summed E-state index contributed by atoms with van der Waals surface area (Å²) in [5.41, 5.74) is 2.37. The number of benzene rings is 2. The van der Waals surface area contributed by atoms with E-state index in [2.05, 4.69) is 5.32 Å². The van der Waals surface area contributed by atoms with Gasteiger partial charge in [0, 0.05) is 23.6 Å². The molecule has 0 atom stereocenters. The van der Waals surface area contributed by atoms with Crippen molar-refractivity contribution in [2.75, 3.05) is 6.61 Å². The fourth-order valence-electron chi connectivity index (χ4n) is 2.28. The molecule has 0 heterocycles. The molecule has 0 fully saturated rings. The summed E-state index contributed by atoms with van der Waals surface area (Å²) >= 11 is 5.90. The minimum atomic E-state index is -0.828. The second kappa shape index (κ2) is 9.08. The number of rotatable bonds is 8. The van der Waals surface area contributed by atoms with E-state index >= 15 is 0 Å². The topological polar surface area (TPSA) is 75.6 Å². The third-order valence-electron chi connectivity index (χ3n) is 3.61. The van der Waals surface area contributed by atoms with Crippen LogP contribution in [0, 0.1) is 6.92 Å². The number of nitrogens with one attached hydrogen (secondary N) is 1. The van der Waals surface area contributed by atoms with Gasteiger partial charge in [0.15, 0.2) is 0 Å². The number of carbonyl (C=O) groups is 2. The highest BCUT2D eigenvalue weighted by Crippen LogP contribution is 2.16. The molecule has 0 radical (unpaired) electrons. The average Bonchev–Trinajstić information content (AvgIpc) is 2.57.